The third kappa shape index (κ3) is 5.66. The van der Waals surface area contributed by atoms with Crippen molar-refractivity contribution in [2.75, 3.05) is 6.61 Å². The fourth-order valence-electron chi connectivity index (χ4n) is 4.45. The van der Waals surface area contributed by atoms with Crippen molar-refractivity contribution in [3.63, 3.8) is 0 Å². The molecule has 1 aromatic rings. The lowest BCUT2D eigenvalue weighted by Crippen LogP contribution is -2.64. The standard InChI is InChI=1S/C25H36O8/c1-7-17(19(26)15(2)27-13-16-11-9-8-10-12-16)29-23-22-21(32-25(5,6)33-22)20-18(30-23)14-28-24(3,4)31-20/h7-12,15,17-23,26H,1,13-14H2,2-6H3/t15-,17-,18-,19-,20-,21+,22+,23+/m1/s1. The third-order valence-electron chi connectivity index (χ3n) is 6.14. The molecular weight excluding hydrogens is 428 g/mol. The van der Waals surface area contributed by atoms with Crippen molar-refractivity contribution in [1.82, 2.24) is 0 Å². The van der Waals surface area contributed by atoms with Crippen LogP contribution in [0.2, 0.25) is 0 Å². The predicted octanol–water partition coefficient (Wildman–Crippen LogP) is 2.92. The van der Waals surface area contributed by atoms with Crippen molar-refractivity contribution in [1.29, 1.82) is 0 Å². The van der Waals surface area contributed by atoms with E-state index in [1.165, 1.54) is 0 Å². The van der Waals surface area contributed by atoms with Crippen molar-refractivity contribution in [3.05, 3.63) is 48.6 Å². The fraction of sp³-hybridized carbons (Fsp3) is 0.680. The molecule has 3 fully saturated rings. The lowest BCUT2D eigenvalue weighted by Gasteiger charge is -2.48. The number of rotatable bonds is 8. The Balaban J connectivity index is 1.43. The number of fused-ring (bicyclic) bond motifs is 3. The second kappa shape index (κ2) is 9.71. The average molecular weight is 465 g/mol. The van der Waals surface area contributed by atoms with Gasteiger partial charge < -0.3 is 38.3 Å². The lowest BCUT2D eigenvalue weighted by atomic mass is 9.97. The van der Waals surface area contributed by atoms with Crippen molar-refractivity contribution in [2.45, 2.75) is 102 Å². The largest absolute Gasteiger partial charge is 0.387 e. The molecule has 3 aliphatic rings. The second-order valence-corrected chi connectivity index (χ2v) is 9.73. The second-order valence-electron chi connectivity index (χ2n) is 9.73. The number of hydrogen-bond acceptors (Lipinski definition) is 8. The minimum absolute atomic E-state index is 0.336. The van der Waals surface area contributed by atoms with Gasteiger partial charge in [-0.2, -0.15) is 0 Å². The van der Waals surface area contributed by atoms with E-state index in [0.29, 0.717) is 13.2 Å². The summed E-state index contributed by atoms with van der Waals surface area (Å²) in [5.41, 5.74) is 1.02. The summed E-state index contributed by atoms with van der Waals surface area (Å²) in [4.78, 5) is 0. The van der Waals surface area contributed by atoms with Gasteiger partial charge in [-0.05, 0) is 40.2 Å². The zero-order chi connectivity index (χ0) is 23.8. The zero-order valence-corrected chi connectivity index (χ0v) is 20.0. The number of benzene rings is 1. The highest BCUT2D eigenvalue weighted by molar-refractivity contribution is 5.13. The summed E-state index contributed by atoms with van der Waals surface area (Å²) in [5, 5.41) is 10.9. The summed E-state index contributed by atoms with van der Waals surface area (Å²) in [6.45, 7) is 13.8. The molecule has 1 aromatic carbocycles. The molecule has 0 radical (unpaired) electrons. The molecule has 1 N–H and O–H groups in total. The van der Waals surface area contributed by atoms with Crippen LogP contribution < -0.4 is 0 Å². The summed E-state index contributed by atoms with van der Waals surface area (Å²) >= 11 is 0. The van der Waals surface area contributed by atoms with Crippen molar-refractivity contribution < 1.29 is 38.3 Å². The first-order chi connectivity index (χ1) is 15.6. The van der Waals surface area contributed by atoms with E-state index in [0.717, 1.165) is 5.56 Å². The topological polar surface area (TPSA) is 84.8 Å². The molecule has 8 atom stereocenters. The first-order valence-electron chi connectivity index (χ1n) is 11.5. The average Bonchev–Trinajstić information content (AvgIpc) is 3.11. The number of hydrogen-bond donors (Lipinski definition) is 1. The van der Waals surface area contributed by atoms with Crippen LogP contribution in [-0.2, 0) is 39.8 Å². The number of aliphatic hydroxyl groups excluding tert-OH is 1. The van der Waals surface area contributed by atoms with E-state index >= 15 is 0 Å². The fourth-order valence-corrected chi connectivity index (χ4v) is 4.45. The van der Waals surface area contributed by atoms with Crippen LogP contribution in [0.15, 0.2) is 43.0 Å². The Kier molecular flexibility index (Phi) is 7.29. The van der Waals surface area contributed by atoms with Gasteiger partial charge in [0.1, 0.15) is 36.6 Å². The van der Waals surface area contributed by atoms with Gasteiger partial charge in [0.05, 0.1) is 19.3 Å². The summed E-state index contributed by atoms with van der Waals surface area (Å²) in [6.07, 6.45) is -3.14. The van der Waals surface area contributed by atoms with Gasteiger partial charge in [-0.1, -0.05) is 36.4 Å². The molecule has 0 bridgehead atoms. The molecule has 0 aliphatic carbocycles. The van der Waals surface area contributed by atoms with Gasteiger partial charge in [0.2, 0.25) is 0 Å². The molecule has 8 nitrogen and oxygen atoms in total. The Bertz CT molecular complexity index is 797. The molecule has 3 heterocycles. The Morgan fingerprint density at radius 3 is 2.42 bits per heavy atom. The lowest BCUT2D eigenvalue weighted by molar-refractivity contribution is -0.374. The minimum atomic E-state index is -0.959. The van der Waals surface area contributed by atoms with E-state index in [1.54, 1.807) is 13.0 Å². The smallest absolute Gasteiger partial charge is 0.187 e. The van der Waals surface area contributed by atoms with E-state index < -0.39 is 54.5 Å². The summed E-state index contributed by atoms with van der Waals surface area (Å²) in [7, 11) is 0. The molecule has 184 valence electrons. The molecule has 0 saturated carbocycles. The molecule has 0 aromatic heterocycles. The van der Waals surface area contributed by atoms with Gasteiger partial charge in [0.15, 0.2) is 17.9 Å². The van der Waals surface area contributed by atoms with Gasteiger partial charge in [-0.3, -0.25) is 0 Å². The molecule has 4 rings (SSSR count). The van der Waals surface area contributed by atoms with E-state index in [2.05, 4.69) is 6.58 Å². The predicted molar refractivity (Wildman–Crippen MR) is 119 cm³/mol. The van der Waals surface area contributed by atoms with Crippen LogP contribution in [0, 0.1) is 0 Å². The Morgan fingerprint density at radius 1 is 1.06 bits per heavy atom. The van der Waals surface area contributed by atoms with Crippen molar-refractivity contribution >= 4 is 0 Å². The first kappa shape index (κ1) is 24.8. The maximum Gasteiger partial charge on any atom is 0.187 e. The summed E-state index contributed by atoms with van der Waals surface area (Å²) in [6, 6.07) is 9.80. The summed E-state index contributed by atoms with van der Waals surface area (Å²) < 4.78 is 42.5. The first-order valence-corrected chi connectivity index (χ1v) is 11.5. The van der Waals surface area contributed by atoms with E-state index in [1.807, 2.05) is 58.0 Å². The monoisotopic (exact) mass is 464 g/mol. The minimum Gasteiger partial charge on any atom is -0.387 e. The Morgan fingerprint density at radius 2 is 1.73 bits per heavy atom. The van der Waals surface area contributed by atoms with Crippen LogP contribution in [0.3, 0.4) is 0 Å². The van der Waals surface area contributed by atoms with Gasteiger partial charge in [0.25, 0.3) is 0 Å². The molecule has 3 saturated heterocycles. The van der Waals surface area contributed by atoms with Crippen LogP contribution in [0.1, 0.15) is 40.2 Å². The molecule has 3 aliphatic heterocycles. The van der Waals surface area contributed by atoms with Crippen LogP contribution in [0.5, 0.6) is 0 Å². The van der Waals surface area contributed by atoms with E-state index in [9.17, 15) is 5.11 Å². The van der Waals surface area contributed by atoms with Gasteiger partial charge in [-0.25, -0.2) is 0 Å². The highest BCUT2D eigenvalue weighted by Gasteiger charge is 2.59. The van der Waals surface area contributed by atoms with E-state index in [4.69, 9.17) is 33.2 Å². The Labute approximate surface area is 195 Å². The van der Waals surface area contributed by atoms with Crippen LogP contribution in [-0.4, -0.2) is 72.3 Å². The normalized spacial score (nSPS) is 35.2. The molecule has 0 unspecified atom stereocenters. The van der Waals surface area contributed by atoms with Gasteiger partial charge in [-0.15, -0.1) is 6.58 Å². The molecule has 33 heavy (non-hydrogen) atoms. The van der Waals surface area contributed by atoms with E-state index in [-0.39, 0.29) is 6.10 Å². The summed E-state index contributed by atoms with van der Waals surface area (Å²) in [5.74, 6) is -1.57. The molecule has 0 spiro atoms. The third-order valence-corrected chi connectivity index (χ3v) is 6.14. The van der Waals surface area contributed by atoms with Gasteiger partial charge in [0, 0.05) is 0 Å². The Hall–Kier alpha value is -1.36. The quantitative estimate of drug-likeness (QED) is 0.588. The highest BCUT2D eigenvalue weighted by atomic mass is 16.8. The molecular formula is C25H36O8. The van der Waals surface area contributed by atoms with Crippen LogP contribution >= 0.6 is 0 Å². The van der Waals surface area contributed by atoms with Crippen molar-refractivity contribution in [2.24, 2.45) is 0 Å². The molecule has 0 amide bonds. The number of aliphatic hydroxyl groups is 1. The maximum absolute atomic E-state index is 10.9. The van der Waals surface area contributed by atoms with Crippen molar-refractivity contribution in [3.8, 4) is 0 Å². The number of ether oxygens (including phenoxy) is 7. The maximum atomic E-state index is 10.9. The highest BCUT2D eigenvalue weighted by Crippen LogP contribution is 2.42. The van der Waals surface area contributed by atoms with Crippen LogP contribution in [0.25, 0.3) is 0 Å². The zero-order valence-electron chi connectivity index (χ0n) is 20.0. The van der Waals surface area contributed by atoms with Crippen LogP contribution in [0.4, 0.5) is 0 Å². The molecule has 8 heteroatoms. The van der Waals surface area contributed by atoms with Gasteiger partial charge >= 0.3 is 0 Å². The SMILES string of the molecule is C=C[C@@H](O[C@H]1O[C@@H]2COC(C)(C)O[C@H]2[C@@H]2OC(C)(C)O[C@H]12)[C@H](O)[C@@H](C)OCc1ccccc1.